The molecule has 146 valence electrons. The van der Waals surface area contributed by atoms with E-state index in [0.717, 1.165) is 31.7 Å². The van der Waals surface area contributed by atoms with Crippen LogP contribution in [0.25, 0.3) is 0 Å². The minimum atomic E-state index is -0.406. The van der Waals surface area contributed by atoms with E-state index in [0.29, 0.717) is 38.1 Å². The molecule has 3 saturated heterocycles. The molecule has 0 spiro atoms. The first kappa shape index (κ1) is 21.4. The van der Waals surface area contributed by atoms with Gasteiger partial charge in [-0.2, -0.15) is 0 Å². The fourth-order valence-electron chi connectivity index (χ4n) is 4.23. The van der Waals surface area contributed by atoms with Crippen molar-refractivity contribution in [1.82, 2.24) is 15.1 Å². The van der Waals surface area contributed by atoms with Crippen LogP contribution in [0.4, 0.5) is 4.39 Å². The molecule has 1 N–H and O–H groups in total. The number of ether oxygens (including phenoxy) is 1. The Morgan fingerprint density at radius 3 is 2.42 bits per heavy atom. The van der Waals surface area contributed by atoms with Crippen LogP contribution in [-0.4, -0.2) is 68.2 Å². The molecule has 3 heterocycles. The number of nitrogens with zero attached hydrogens (tertiary/aromatic N) is 2. The van der Waals surface area contributed by atoms with E-state index in [9.17, 15) is 9.18 Å². The van der Waals surface area contributed by atoms with E-state index in [-0.39, 0.29) is 36.5 Å². The number of hydrogen-bond acceptors (Lipinski definition) is 4. The van der Waals surface area contributed by atoms with E-state index < -0.39 is 6.04 Å². The molecule has 5 nitrogen and oxygen atoms in total. The van der Waals surface area contributed by atoms with Crippen molar-refractivity contribution in [3.8, 4) is 0 Å². The molecule has 3 fully saturated rings. The summed E-state index contributed by atoms with van der Waals surface area (Å²) in [5.74, 6) is 0.941. The molecule has 26 heavy (non-hydrogen) atoms. The van der Waals surface area contributed by atoms with E-state index in [1.54, 1.807) is 6.07 Å². The lowest BCUT2D eigenvalue weighted by molar-refractivity contribution is -0.138. The maximum Gasteiger partial charge on any atom is 0.244 e. The van der Waals surface area contributed by atoms with Gasteiger partial charge in [0.15, 0.2) is 0 Å². The van der Waals surface area contributed by atoms with Crippen LogP contribution in [0.2, 0.25) is 0 Å². The highest BCUT2D eigenvalue weighted by Gasteiger charge is 2.41. The summed E-state index contributed by atoms with van der Waals surface area (Å²) >= 11 is 0. The number of nitrogens with one attached hydrogen (secondary N) is 1. The number of likely N-dealkylation sites (tertiary alicyclic amines) is 1. The van der Waals surface area contributed by atoms with E-state index in [1.165, 1.54) is 12.1 Å². The van der Waals surface area contributed by atoms with Crippen LogP contribution in [0.5, 0.6) is 0 Å². The molecule has 4 rings (SSSR count). The molecule has 1 unspecified atom stereocenters. The zero-order valence-electron chi connectivity index (χ0n) is 14.6. The van der Waals surface area contributed by atoms with Gasteiger partial charge in [-0.1, -0.05) is 12.1 Å². The van der Waals surface area contributed by atoms with E-state index in [1.807, 2.05) is 11.0 Å². The number of amides is 1. The molecule has 0 bridgehead atoms. The third-order valence-corrected chi connectivity index (χ3v) is 5.51. The Kier molecular flexibility index (Phi) is 7.67. The van der Waals surface area contributed by atoms with Crippen LogP contribution in [0.15, 0.2) is 24.3 Å². The topological polar surface area (TPSA) is 44.8 Å². The minimum absolute atomic E-state index is 0. The van der Waals surface area contributed by atoms with Gasteiger partial charge >= 0.3 is 0 Å². The second-order valence-electron chi connectivity index (χ2n) is 7.03. The number of carbonyl (C=O) groups excluding carboxylic acids is 1. The number of fused-ring (bicyclic) bond motifs is 1. The molecular formula is C18H26Cl2FN3O2. The smallest absolute Gasteiger partial charge is 0.244 e. The largest absolute Gasteiger partial charge is 0.379 e. The highest BCUT2D eigenvalue weighted by atomic mass is 35.5. The normalized spacial score (nSPS) is 26.6. The summed E-state index contributed by atoms with van der Waals surface area (Å²) in [5, 5.41) is 3.40. The maximum absolute atomic E-state index is 13.7. The summed E-state index contributed by atoms with van der Waals surface area (Å²) < 4.78 is 19.2. The average Bonchev–Trinajstić information content (AvgIpc) is 3.18. The van der Waals surface area contributed by atoms with Crippen molar-refractivity contribution in [3.05, 3.63) is 35.6 Å². The van der Waals surface area contributed by atoms with Crippen LogP contribution < -0.4 is 5.32 Å². The summed E-state index contributed by atoms with van der Waals surface area (Å²) in [7, 11) is 0. The van der Waals surface area contributed by atoms with Gasteiger partial charge in [0, 0.05) is 39.3 Å². The zero-order chi connectivity index (χ0) is 16.5. The monoisotopic (exact) mass is 405 g/mol. The molecular weight excluding hydrogens is 380 g/mol. The number of halogens is 3. The lowest BCUT2D eigenvalue weighted by atomic mass is 10.0. The van der Waals surface area contributed by atoms with Crippen molar-refractivity contribution >= 4 is 30.7 Å². The Hall–Kier alpha value is -0.920. The number of carbonyl (C=O) groups is 1. The minimum Gasteiger partial charge on any atom is -0.379 e. The number of morpholine rings is 1. The fraction of sp³-hybridized carbons (Fsp3) is 0.611. The summed E-state index contributed by atoms with van der Waals surface area (Å²) in [4.78, 5) is 17.4. The van der Waals surface area contributed by atoms with Gasteiger partial charge in [-0.05, 0) is 29.5 Å². The van der Waals surface area contributed by atoms with Gasteiger partial charge in [-0.25, -0.2) is 4.39 Å². The SMILES string of the molecule is Cl.Cl.O=C(C(c1cccc(F)c1)N1CCOCC1)N1C[C@H]2CNC[C@H]2C1. The van der Waals surface area contributed by atoms with Crippen LogP contribution in [0.1, 0.15) is 11.6 Å². The highest BCUT2D eigenvalue weighted by molar-refractivity contribution is 5.85. The van der Waals surface area contributed by atoms with Crippen LogP contribution in [0.3, 0.4) is 0 Å². The Labute approximate surface area is 166 Å². The van der Waals surface area contributed by atoms with Crippen LogP contribution in [-0.2, 0) is 9.53 Å². The van der Waals surface area contributed by atoms with Gasteiger partial charge in [0.25, 0.3) is 0 Å². The number of hydrogen-bond donors (Lipinski definition) is 1. The molecule has 1 amide bonds. The maximum atomic E-state index is 13.7. The second-order valence-corrected chi connectivity index (χ2v) is 7.03. The molecule has 0 radical (unpaired) electrons. The molecule has 1 aromatic carbocycles. The number of benzene rings is 1. The van der Waals surface area contributed by atoms with E-state index in [2.05, 4.69) is 10.2 Å². The first-order chi connectivity index (χ1) is 11.7. The molecule has 3 aliphatic heterocycles. The second kappa shape index (κ2) is 9.33. The van der Waals surface area contributed by atoms with Gasteiger partial charge < -0.3 is 15.0 Å². The lowest BCUT2D eigenvalue weighted by Gasteiger charge is -2.36. The quantitative estimate of drug-likeness (QED) is 0.831. The van der Waals surface area contributed by atoms with Gasteiger partial charge in [0.2, 0.25) is 5.91 Å². The van der Waals surface area contributed by atoms with Crippen LogP contribution in [0, 0.1) is 17.7 Å². The molecule has 0 aromatic heterocycles. The van der Waals surface area contributed by atoms with E-state index >= 15 is 0 Å². The van der Waals surface area contributed by atoms with Crippen molar-refractivity contribution in [2.45, 2.75) is 6.04 Å². The third-order valence-electron chi connectivity index (χ3n) is 5.51. The summed E-state index contributed by atoms with van der Waals surface area (Å²) in [5.41, 5.74) is 0.747. The Bertz CT molecular complexity index is 604. The first-order valence-corrected chi connectivity index (χ1v) is 8.79. The highest BCUT2D eigenvalue weighted by Crippen LogP contribution is 2.31. The Morgan fingerprint density at radius 2 is 1.81 bits per heavy atom. The average molecular weight is 406 g/mol. The van der Waals surface area contributed by atoms with Crippen molar-refractivity contribution in [2.24, 2.45) is 11.8 Å². The van der Waals surface area contributed by atoms with Gasteiger partial charge in [0.05, 0.1) is 13.2 Å². The van der Waals surface area contributed by atoms with Crippen molar-refractivity contribution in [1.29, 1.82) is 0 Å². The molecule has 0 saturated carbocycles. The van der Waals surface area contributed by atoms with Crippen LogP contribution >= 0.6 is 24.8 Å². The van der Waals surface area contributed by atoms with Gasteiger partial charge in [0.1, 0.15) is 11.9 Å². The Balaban J connectivity index is 0.00000121. The van der Waals surface area contributed by atoms with Crippen molar-refractivity contribution in [2.75, 3.05) is 52.5 Å². The first-order valence-electron chi connectivity index (χ1n) is 8.79. The summed E-state index contributed by atoms with van der Waals surface area (Å²) in [6.07, 6.45) is 0. The molecule has 3 atom stereocenters. The lowest BCUT2D eigenvalue weighted by Crippen LogP contribution is -2.47. The van der Waals surface area contributed by atoms with E-state index in [4.69, 9.17) is 4.74 Å². The van der Waals surface area contributed by atoms with Gasteiger partial charge in [-0.15, -0.1) is 24.8 Å². The predicted molar refractivity (Wildman–Crippen MR) is 102 cm³/mol. The predicted octanol–water partition coefficient (Wildman–Crippen LogP) is 1.72. The number of rotatable bonds is 3. The Morgan fingerprint density at radius 1 is 1.15 bits per heavy atom. The van der Waals surface area contributed by atoms with Crippen molar-refractivity contribution in [3.63, 3.8) is 0 Å². The summed E-state index contributed by atoms with van der Waals surface area (Å²) in [6, 6.07) is 6.07. The molecule has 1 aromatic rings. The molecule has 0 aliphatic carbocycles. The van der Waals surface area contributed by atoms with Gasteiger partial charge in [-0.3, -0.25) is 9.69 Å². The fourth-order valence-corrected chi connectivity index (χ4v) is 4.23. The standard InChI is InChI=1S/C18H24FN3O2.2ClH/c19-16-3-1-2-13(8-16)17(21-4-6-24-7-5-21)18(23)22-11-14-9-20-10-15(14)12-22;;/h1-3,8,14-15,17,20H,4-7,9-12H2;2*1H/t14-,15+,17?;;. The molecule has 3 aliphatic rings. The zero-order valence-corrected chi connectivity index (χ0v) is 16.2. The molecule has 8 heteroatoms. The van der Waals surface area contributed by atoms with Crippen molar-refractivity contribution < 1.29 is 13.9 Å². The third kappa shape index (κ3) is 4.31. The summed E-state index contributed by atoms with van der Waals surface area (Å²) in [6.45, 7) is 6.26.